The summed E-state index contributed by atoms with van der Waals surface area (Å²) in [6, 6.07) is 10.8. The number of hydrogen-bond acceptors (Lipinski definition) is 4. The third-order valence-corrected chi connectivity index (χ3v) is 5.59. The second-order valence-corrected chi connectivity index (χ2v) is 7.15. The van der Waals surface area contributed by atoms with E-state index >= 15 is 0 Å². The van der Waals surface area contributed by atoms with Gasteiger partial charge >= 0.3 is 0 Å². The Bertz CT molecular complexity index is 627. The fourth-order valence-electron chi connectivity index (χ4n) is 3.30. The predicted octanol–water partition coefficient (Wildman–Crippen LogP) is 2.45. The van der Waals surface area contributed by atoms with E-state index in [0.29, 0.717) is 0 Å². The molecule has 2 fully saturated rings. The zero-order chi connectivity index (χ0) is 14.3. The molecular weight excluding hydrogens is 280 g/mol. The molecule has 0 amide bonds. The molecule has 0 radical (unpaired) electrons. The maximum absolute atomic E-state index is 4.57. The molecule has 5 heteroatoms. The Kier molecular flexibility index (Phi) is 3.17. The van der Waals surface area contributed by atoms with Crippen molar-refractivity contribution >= 4 is 17.7 Å². The van der Waals surface area contributed by atoms with Crippen LogP contribution < -0.4 is 4.90 Å². The van der Waals surface area contributed by atoms with E-state index in [-0.39, 0.29) is 5.41 Å². The van der Waals surface area contributed by atoms with E-state index in [1.54, 1.807) is 0 Å². The molecule has 1 saturated heterocycles. The zero-order valence-corrected chi connectivity index (χ0v) is 13.1. The average molecular weight is 300 g/mol. The molecule has 0 atom stereocenters. The molecule has 2 aromatic rings. The van der Waals surface area contributed by atoms with Crippen LogP contribution in [0.2, 0.25) is 0 Å². The topological polar surface area (TPSA) is 34.0 Å². The van der Waals surface area contributed by atoms with E-state index < -0.39 is 0 Å². The highest BCUT2D eigenvalue weighted by atomic mass is 32.2. The fraction of sp³-hybridized carbons (Fsp3) is 0.500. The van der Waals surface area contributed by atoms with E-state index in [9.17, 15) is 0 Å². The third-order valence-electron chi connectivity index (χ3n) is 4.65. The van der Waals surface area contributed by atoms with Crippen LogP contribution in [0.5, 0.6) is 0 Å². The molecule has 110 valence electrons. The Balaban J connectivity index is 1.69. The van der Waals surface area contributed by atoms with E-state index in [1.165, 1.54) is 29.9 Å². The van der Waals surface area contributed by atoms with Gasteiger partial charge in [0.2, 0.25) is 5.95 Å². The van der Waals surface area contributed by atoms with Crippen LogP contribution in [-0.2, 0) is 12.5 Å². The third kappa shape index (κ3) is 2.14. The Morgan fingerprint density at radius 1 is 1.05 bits per heavy atom. The van der Waals surface area contributed by atoms with Crippen LogP contribution in [0.25, 0.3) is 0 Å². The van der Waals surface area contributed by atoms with Crippen molar-refractivity contribution in [3.8, 4) is 0 Å². The van der Waals surface area contributed by atoms with E-state index in [1.807, 2.05) is 11.8 Å². The van der Waals surface area contributed by atoms with Crippen LogP contribution in [0, 0.1) is 0 Å². The fourth-order valence-corrected chi connectivity index (χ4v) is 4.20. The molecule has 0 spiro atoms. The van der Waals surface area contributed by atoms with Crippen molar-refractivity contribution in [1.82, 2.24) is 14.8 Å². The molecule has 1 aliphatic heterocycles. The van der Waals surface area contributed by atoms with Crippen molar-refractivity contribution < 1.29 is 0 Å². The number of rotatable bonds is 3. The van der Waals surface area contributed by atoms with Crippen molar-refractivity contribution in [2.45, 2.75) is 18.3 Å². The van der Waals surface area contributed by atoms with Gasteiger partial charge in [-0.3, -0.25) is 4.57 Å². The van der Waals surface area contributed by atoms with Gasteiger partial charge in [-0.25, -0.2) is 0 Å². The summed E-state index contributed by atoms with van der Waals surface area (Å²) >= 11 is 2.02. The summed E-state index contributed by atoms with van der Waals surface area (Å²) in [4.78, 5) is 2.37. The van der Waals surface area contributed by atoms with Crippen molar-refractivity contribution in [2.24, 2.45) is 7.05 Å². The summed E-state index contributed by atoms with van der Waals surface area (Å²) in [5.41, 5.74) is 1.48. The summed E-state index contributed by atoms with van der Waals surface area (Å²) in [6.07, 6.45) is 2.36. The first-order chi connectivity index (χ1) is 10.3. The summed E-state index contributed by atoms with van der Waals surface area (Å²) in [5, 5.41) is 9.07. The lowest BCUT2D eigenvalue weighted by Gasteiger charge is -2.27. The standard InChI is InChI=1S/C16H20N4S/c1-19-14(16(7-8-16)13-5-3-2-4-6-13)17-18-15(19)20-9-11-21-12-10-20/h2-6H,7-12H2,1H3. The number of hydrogen-bond donors (Lipinski definition) is 0. The monoisotopic (exact) mass is 300 g/mol. The minimum atomic E-state index is 0.103. The molecule has 2 aliphatic rings. The van der Waals surface area contributed by atoms with Crippen molar-refractivity contribution in [2.75, 3.05) is 29.5 Å². The summed E-state index contributed by atoms with van der Waals surface area (Å²) in [7, 11) is 2.12. The van der Waals surface area contributed by atoms with Crippen LogP contribution in [0.3, 0.4) is 0 Å². The highest BCUT2D eigenvalue weighted by Gasteiger charge is 2.50. The minimum Gasteiger partial charge on any atom is -0.339 e. The smallest absolute Gasteiger partial charge is 0.227 e. The van der Waals surface area contributed by atoms with Gasteiger partial charge in [0.1, 0.15) is 5.82 Å². The molecule has 0 N–H and O–H groups in total. The second kappa shape index (κ2) is 5.05. The number of thioether (sulfide) groups is 1. The largest absolute Gasteiger partial charge is 0.339 e. The van der Waals surface area contributed by atoms with Crippen LogP contribution in [0.15, 0.2) is 30.3 Å². The molecule has 21 heavy (non-hydrogen) atoms. The lowest BCUT2D eigenvalue weighted by molar-refractivity contribution is 0.681. The number of aromatic nitrogens is 3. The lowest BCUT2D eigenvalue weighted by Crippen LogP contribution is -2.34. The van der Waals surface area contributed by atoms with Crippen LogP contribution in [0.4, 0.5) is 5.95 Å². The van der Waals surface area contributed by atoms with Crippen molar-refractivity contribution in [3.05, 3.63) is 41.7 Å². The van der Waals surface area contributed by atoms with Gasteiger partial charge in [0.15, 0.2) is 0 Å². The quantitative estimate of drug-likeness (QED) is 0.872. The highest BCUT2D eigenvalue weighted by molar-refractivity contribution is 7.99. The van der Waals surface area contributed by atoms with E-state index in [0.717, 1.165) is 24.9 Å². The molecule has 4 rings (SSSR count). The molecule has 0 unspecified atom stereocenters. The lowest BCUT2D eigenvalue weighted by atomic mass is 9.95. The van der Waals surface area contributed by atoms with Gasteiger partial charge in [-0.05, 0) is 18.4 Å². The molecule has 0 bridgehead atoms. The molecule has 1 aromatic heterocycles. The highest BCUT2D eigenvalue weighted by Crippen LogP contribution is 2.52. The van der Waals surface area contributed by atoms with Gasteiger partial charge in [-0.15, -0.1) is 10.2 Å². The molecule has 1 aromatic carbocycles. The Morgan fingerprint density at radius 2 is 1.76 bits per heavy atom. The molecule has 1 saturated carbocycles. The van der Waals surface area contributed by atoms with Gasteiger partial charge in [-0.2, -0.15) is 11.8 Å². The first-order valence-corrected chi connectivity index (χ1v) is 8.75. The summed E-state index contributed by atoms with van der Waals surface area (Å²) in [5.74, 6) is 4.53. The Morgan fingerprint density at radius 3 is 2.43 bits per heavy atom. The van der Waals surface area contributed by atoms with Crippen LogP contribution in [0.1, 0.15) is 24.2 Å². The van der Waals surface area contributed by atoms with Crippen molar-refractivity contribution in [3.63, 3.8) is 0 Å². The molecule has 4 nitrogen and oxygen atoms in total. The Labute approximate surface area is 129 Å². The summed E-state index contributed by atoms with van der Waals surface area (Å²) in [6.45, 7) is 2.16. The van der Waals surface area contributed by atoms with Gasteiger partial charge in [0.25, 0.3) is 0 Å². The number of nitrogens with zero attached hydrogens (tertiary/aromatic N) is 4. The SMILES string of the molecule is Cn1c(N2CCSCC2)nnc1C1(c2ccccc2)CC1. The average Bonchev–Trinajstić information content (AvgIpc) is 3.26. The molecular formula is C16H20N4S. The van der Waals surface area contributed by atoms with Gasteiger partial charge < -0.3 is 4.90 Å². The zero-order valence-electron chi connectivity index (χ0n) is 12.3. The van der Waals surface area contributed by atoms with Crippen molar-refractivity contribution in [1.29, 1.82) is 0 Å². The second-order valence-electron chi connectivity index (χ2n) is 5.93. The van der Waals surface area contributed by atoms with Crippen LogP contribution >= 0.6 is 11.8 Å². The first kappa shape index (κ1) is 13.2. The van der Waals surface area contributed by atoms with Crippen LogP contribution in [-0.4, -0.2) is 39.4 Å². The Hall–Kier alpha value is -1.49. The number of anilines is 1. The normalized spacial score (nSPS) is 20.5. The van der Waals surface area contributed by atoms with Gasteiger partial charge in [0.05, 0.1) is 5.41 Å². The maximum atomic E-state index is 4.57. The maximum Gasteiger partial charge on any atom is 0.227 e. The first-order valence-electron chi connectivity index (χ1n) is 7.59. The summed E-state index contributed by atoms with van der Waals surface area (Å²) < 4.78 is 2.22. The minimum absolute atomic E-state index is 0.103. The van der Waals surface area contributed by atoms with Gasteiger partial charge in [-0.1, -0.05) is 30.3 Å². The van der Waals surface area contributed by atoms with Gasteiger partial charge in [0, 0.05) is 31.6 Å². The van der Waals surface area contributed by atoms with E-state index in [4.69, 9.17) is 0 Å². The van der Waals surface area contributed by atoms with E-state index in [2.05, 4.69) is 57.0 Å². The molecule has 2 heterocycles. The number of benzene rings is 1. The molecule has 1 aliphatic carbocycles. The predicted molar refractivity (Wildman–Crippen MR) is 87.0 cm³/mol.